The zero-order valence-electron chi connectivity index (χ0n) is 18.4. The van der Waals surface area contributed by atoms with Gasteiger partial charge in [-0.2, -0.15) is 0 Å². The topological polar surface area (TPSA) is 116 Å². The number of aromatic carboxylic acids is 1. The van der Waals surface area contributed by atoms with Gasteiger partial charge in [0, 0.05) is 18.7 Å². The Hall–Kier alpha value is -3.39. The van der Waals surface area contributed by atoms with Gasteiger partial charge in [0.25, 0.3) is 5.91 Å². The molecule has 1 aliphatic rings. The molecular formula is C24H28N2O6. The zero-order valence-corrected chi connectivity index (χ0v) is 18.4. The molecule has 0 radical (unpaired) electrons. The lowest BCUT2D eigenvalue weighted by Crippen LogP contribution is -2.54. The Morgan fingerprint density at radius 3 is 2.25 bits per heavy atom. The number of nitrogens with one attached hydrogen (secondary N) is 1. The van der Waals surface area contributed by atoms with Crippen LogP contribution in [0.15, 0.2) is 48.5 Å². The predicted octanol–water partition coefficient (Wildman–Crippen LogP) is 2.84. The van der Waals surface area contributed by atoms with Gasteiger partial charge in [-0.25, -0.2) is 9.59 Å². The molecule has 3 N–H and O–H groups in total. The first kappa shape index (κ1) is 23.3. The third kappa shape index (κ3) is 5.64. The number of amides is 2. The molecule has 0 saturated carbocycles. The fraction of sp³-hybridized carbons (Fsp3) is 0.375. The molecule has 3 rings (SSSR count). The van der Waals surface area contributed by atoms with E-state index < -0.39 is 35.7 Å². The molecule has 2 atom stereocenters. The van der Waals surface area contributed by atoms with Crippen molar-refractivity contribution in [1.29, 1.82) is 0 Å². The van der Waals surface area contributed by atoms with Crippen molar-refractivity contribution < 1.29 is 29.3 Å². The number of carboxylic acids is 1. The van der Waals surface area contributed by atoms with Gasteiger partial charge in [0.2, 0.25) is 0 Å². The maximum absolute atomic E-state index is 12.8. The summed E-state index contributed by atoms with van der Waals surface area (Å²) >= 11 is 0. The number of nitrogens with zero attached hydrogens (tertiary/aromatic N) is 1. The highest BCUT2D eigenvalue weighted by atomic mass is 16.6. The second-order valence-corrected chi connectivity index (χ2v) is 8.81. The fourth-order valence-corrected chi connectivity index (χ4v) is 3.61. The minimum atomic E-state index is -1.08. The molecule has 0 bridgehead atoms. The number of aliphatic hydroxyl groups excluding tert-OH is 1. The number of fused-ring (bicyclic) bond motifs is 1. The minimum absolute atomic E-state index is 0.0777. The van der Waals surface area contributed by atoms with Crippen LogP contribution in [-0.2, 0) is 17.7 Å². The molecule has 8 nitrogen and oxygen atoms in total. The van der Waals surface area contributed by atoms with E-state index in [1.54, 1.807) is 20.8 Å². The first-order chi connectivity index (χ1) is 15.0. The van der Waals surface area contributed by atoms with E-state index in [2.05, 4.69) is 5.32 Å². The van der Waals surface area contributed by atoms with E-state index in [9.17, 15) is 19.5 Å². The second-order valence-electron chi connectivity index (χ2n) is 8.81. The summed E-state index contributed by atoms with van der Waals surface area (Å²) in [6.45, 7) is 5.57. The van der Waals surface area contributed by atoms with Crippen LogP contribution in [0.3, 0.4) is 0 Å². The fourth-order valence-electron chi connectivity index (χ4n) is 3.61. The molecule has 2 amide bonds. The molecule has 0 spiro atoms. The Labute approximate surface area is 186 Å². The van der Waals surface area contributed by atoms with Crippen LogP contribution < -0.4 is 5.32 Å². The summed E-state index contributed by atoms with van der Waals surface area (Å²) in [5.41, 5.74) is 1.70. The van der Waals surface area contributed by atoms with Gasteiger partial charge in [-0.05, 0) is 62.6 Å². The standard InChI is InChI=1S/C24H28N2O6/c1-24(2,3)32-23(31)26-14-18-7-5-4-6-17(18)12-19(26)20(27)13-25-21(28)15-8-10-16(11-9-15)22(29)30/h4-11,19-20,27H,12-14H2,1-3H3,(H,25,28)(H,29,30). The molecule has 170 valence electrons. The largest absolute Gasteiger partial charge is 0.478 e. The third-order valence-corrected chi connectivity index (χ3v) is 5.23. The molecule has 32 heavy (non-hydrogen) atoms. The second kappa shape index (κ2) is 9.40. The maximum atomic E-state index is 12.8. The first-order valence-electron chi connectivity index (χ1n) is 10.4. The van der Waals surface area contributed by atoms with Crippen LogP contribution in [0.5, 0.6) is 0 Å². The lowest BCUT2D eigenvalue weighted by Gasteiger charge is -2.40. The Morgan fingerprint density at radius 1 is 1.06 bits per heavy atom. The summed E-state index contributed by atoms with van der Waals surface area (Å²) in [6, 6.07) is 12.7. The smallest absolute Gasteiger partial charge is 0.410 e. The van der Waals surface area contributed by atoms with Crippen LogP contribution >= 0.6 is 0 Å². The van der Waals surface area contributed by atoms with Crippen molar-refractivity contribution in [3.8, 4) is 0 Å². The van der Waals surface area contributed by atoms with Crippen LogP contribution in [0.1, 0.15) is 52.6 Å². The van der Waals surface area contributed by atoms with Crippen molar-refractivity contribution >= 4 is 18.0 Å². The van der Waals surface area contributed by atoms with Crippen molar-refractivity contribution in [2.24, 2.45) is 0 Å². The van der Waals surface area contributed by atoms with E-state index in [1.165, 1.54) is 29.2 Å². The number of hydrogen-bond donors (Lipinski definition) is 3. The Morgan fingerprint density at radius 2 is 1.66 bits per heavy atom. The Balaban J connectivity index is 1.71. The number of carbonyl (C=O) groups excluding carboxylic acids is 2. The van der Waals surface area contributed by atoms with Gasteiger partial charge in [0.15, 0.2) is 0 Å². The van der Waals surface area contributed by atoms with Gasteiger partial charge in [-0.3, -0.25) is 9.69 Å². The number of benzene rings is 2. The summed E-state index contributed by atoms with van der Waals surface area (Å²) in [5, 5.41) is 22.5. The van der Waals surface area contributed by atoms with E-state index in [0.29, 0.717) is 13.0 Å². The highest BCUT2D eigenvalue weighted by molar-refractivity contribution is 5.95. The van der Waals surface area contributed by atoms with Crippen molar-refractivity contribution in [1.82, 2.24) is 10.2 Å². The molecule has 1 aliphatic heterocycles. The van der Waals surface area contributed by atoms with Crippen molar-refractivity contribution in [2.45, 2.75) is 51.5 Å². The highest BCUT2D eigenvalue weighted by Crippen LogP contribution is 2.27. The van der Waals surface area contributed by atoms with Gasteiger partial charge >= 0.3 is 12.1 Å². The first-order valence-corrected chi connectivity index (χ1v) is 10.4. The average Bonchev–Trinajstić information content (AvgIpc) is 2.75. The minimum Gasteiger partial charge on any atom is -0.478 e. The summed E-state index contributed by atoms with van der Waals surface area (Å²) in [4.78, 5) is 37.7. The average molecular weight is 440 g/mol. The van der Waals surface area contributed by atoms with E-state index >= 15 is 0 Å². The molecule has 2 aromatic rings. The molecule has 1 heterocycles. The van der Waals surface area contributed by atoms with E-state index in [4.69, 9.17) is 9.84 Å². The van der Waals surface area contributed by atoms with Gasteiger partial charge in [-0.15, -0.1) is 0 Å². The Bertz CT molecular complexity index is 996. The molecule has 0 aromatic heterocycles. The van der Waals surface area contributed by atoms with Crippen molar-refractivity contribution in [3.63, 3.8) is 0 Å². The molecule has 0 aliphatic carbocycles. The summed E-state index contributed by atoms with van der Waals surface area (Å²) in [5.74, 6) is -1.52. The predicted molar refractivity (Wildman–Crippen MR) is 117 cm³/mol. The van der Waals surface area contributed by atoms with Crippen molar-refractivity contribution in [2.75, 3.05) is 6.54 Å². The van der Waals surface area contributed by atoms with E-state index in [0.717, 1.165) is 11.1 Å². The number of aliphatic hydroxyl groups is 1. The molecule has 2 unspecified atom stereocenters. The molecule has 2 aromatic carbocycles. The van der Waals surface area contributed by atoms with E-state index in [-0.39, 0.29) is 17.7 Å². The number of carbonyl (C=O) groups is 3. The van der Waals surface area contributed by atoms with Crippen LogP contribution in [0.25, 0.3) is 0 Å². The molecular weight excluding hydrogens is 412 g/mol. The molecule has 0 saturated heterocycles. The zero-order chi connectivity index (χ0) is 23.5. The summed E-state index contributed by atoms with van der Waals surface area (Å²) in [6.07, 6.45) is -1.12. The maximum Gasteiger partial charge on any atom is 0.410 e. The summed E-state index contributed by atoms with van der Waals surface area (Å²) in [7, 11) is 0. The Kier molecular flexibility index (Phi) is 6.84. The van der Waals surface area contributed by atoms with Gasteiger partial charge in [0.05, 0.1) is 17.7 Å². The van der Waals surface area contributed by atoms with Crippen LogP contribution in [0.4, 0.5) is 4.79 Å². The lowest BCUT2D eigenvalue weighted by molar-refractivity contribution is -0.0113. The normalized spacial score (nSPS) is 16.6. The van der Waals surface area contributed by atoms with Crippen LogP contribution in [0.2, 0.25) is 0 Å². The van der Waals surface area contributed by atoms with Crippen molar-refractivity contribution in [3.05, 3.63) is 70.8 Å². The van der Waals surface area contributed by atoms with Gasteiger partial charge in [0.1, 0.15) is 5.60 Å². The quantitative estimate of drug-likeness (QED) is 0.658. The van der Waals surface area contributed by atoms with Crippen LogP contribution in [-0.4, -0.2) is 57.4 Å². The number of ether oxygens (including phenoxy) is 1. The molecule has 0 fully saturated rings. The number of rotatable bonds is 5. The van der Waals surface area contributed by atoms with E-state index in [1.807, 2.05) is 24.3 Å². The SMILES string of the molecule is CC(C)(C)OC(=O)N1Cc2ccccc2CC1C(O)CNC(=O)c1ccc(C(=O)O)cc1. The number of hydrogen-bond acceptors (Lipinski definition) is 5. The monoisotopic (exact) mass is 440 g/mol. The van der Waals surface area contributed by atoms with Gasteiger partial charge in [-0.1, -0.05) is 24.3 Å². The number of carboxylic acid groups (broad SMARTS) is 1. The third-order valence-electron chi connectivity index (χ3n) is 5.23. The highest BCUT2D eigenvalue weighted by Gasteiger charge is 2.36. The summed E-state index contributed by atoms with van der Waals surface area (Å²) < 4.78 is 5.54. The lowest BCUT2D eigenvalue weighted by atomic mass is 9.91. The van der Waals surface area contributed by atoms with Crippen LogP contribution in [0, 0.1) is 0 Å². The molecule has 8 heteroatoms. The van der Waals surface area contributed by atoms with Gasteiger partial charge < -0.3 is 20.3 Å².